The van der Waals surface area contributed by atoms with Crippen LogP contribution in [0.15, 0.2) is 15.9 Å². The van der Waals surface area contributed by atoms with Crippen LogP contribution in [-0.4, -0.2) is 28.7 Å². The second-order valence-corrected chi connectivity index (χ2v) is 5.69. The summed E-state index contributed by atoms with van der Waals surface area (Å²) in [6.07, 6.45) is 0. The SMILES string of the molecule is CC1(O)CN(Cc2sccc2Br)C1. The number of hydrogen-bond acceptors (Lipinski definition) is 3. The molecule has 0 bridgehead atoms. The van der Waals surface area contributed by atoms with Crippen molar-refractivity contribution in [3.63, 3.8) is 0 Å². The lowest BCUT2D eigenvalue weighted by atomic mass is 9.97. The third kappa shape index (κ3) is 2.13. The van der Waals surface area contributed by atoms with E-state index < -0.39 is 5.60 Å². The third-order valence-corrected chi connectivity index (χ3v) is 4.10. The summed E-state index contributed by atoms with van der Waals surface area (Å²) in [5, 5.41) is 11.6. The first kappa shape index (κ1) is 9.65. The zero-order chi connectivity index (χ0) is 9.47. The summed E-state index contributed by atoms with van der Waals surface area (Å²) >= 11 is 5.25. The van der Waals surface area contributed by atoms with Gasteiger partial charge in [-0.05, 0) is 34.3 Å². The zero-order valence-electron chi connectivity index (χ0n) is 7.46. The summed E-state index contributed by atoms with van der Waals surface area (Å²) in [5.74, 6) is 0. The van der Waals surface area contributed by atoms with E-state index in [0.29, 0.717) is 0 Å². The number of hydrogen-bond donors (Lipinski definition) is 1. The van der Waals surface area contributed by atoms with Crippen molar-refractivity contribution in [3.05, 3.63) is 20.8 Å². The van der Waals surface area contributed by atoms with Crippen molar-refractivity contribution in [1.29, 1.82) is 0 Å². The van der Waals surface area contributed by atoms with E-state index in [1.54, 1.807) is 11.3 Å². The highest BCUT2D eigenvalue weighted by atomic mass is 79.9. The summed E-state index contributed by atoms with van der Waals surface area (Å²) in [7, 11) is 0. The number of nitrogens with zero attached hydrogens (tertiary/aromatic N) is 1. The molecule has 1 aromatic heterocycles. The molecule has 1 aliphatic heterocycles. The minimum atomic E-state index is -0.455. The van der Waals surface area contributed by atoms with Crippen LogP contribution in [0.1, 0.15) is 11.8 Å². The lowest BCUT2D eigenvalue weighted by molar-refractivity contribution is -0.0868. The van der Waals surface area contributed by atoms with Crippen molar-refractivity contribution >= 4 is 27.3 Å². The van der Waals surface area contributed by atoms with Gasteiger partial charge in [0.25, 0.3) is 0 Å². The van der Waals surface area contributed by atoms with E-state index in [9.17, 15) is 5.11 Å². The van der Waals surface area contributed by atoms with Crippen molar-refractivity contribution in [3.8, 4) is 0 Å². The summed E-state index contributed by atoms with van der Waals surface area (Å²) in [4.78, 5) is 3.59. The number of halogens is 1. The van der Waals surface area contributed by atoms with E-state index in [1.165, 1.54) is 9.35 Å². The predicted molar refractivity (Wildman–Crippen MR) is 57.9 cm³/mol. The fraction of sp³-hybridized carbons (Fsp3) is 0.556. The van der Waals surface area contributed by atoms with Gasteiger partial charge in [-0.1, -0.05) is 0 Å². The molecule has 13 heavy (non-hydrogen) atoms. The molecule has 72 valence electrons. The van der Waals surface area contributed by atoms with Crippen molar-refractivity contribution in [2.24, 2.45) is 0 Å². The molecule has 1 fully saturated rings. The molecule has 0 aromatic carbocycles. The van der Waals surface area contributed by atoms with Gasteiger partial charge in [-0.15, -0.1) is 11.3 Å². The van der Waals surface area contributed by atoms with Crippen LogP contribution in [-0.2, 0) is 6.54 Å². The molecule has 0 unspecified atom stereocenters. The summed E-state index contributed by atoms with van der Waals surface area (Å²) < 4.78 is 1.18. The maximum absolute atomic E-state index is 9.53. The highest BCUT2D eigenvalue weighted by Crippen LogP contribution is 2.28. The van der Waals surface area contributed by atoms with Crippen LogP contribution < -0.4 is 0 Å². The number of likely N-dealkylation sites (tertiary alicyclic amines) is 1. The van der Waals surface area contributed by atoms with Crippen molar-refractivity contribution in [2.45, 2.75) is 19.1 Å². The molecule has 2 nitrogen and oxygen atoms in total. The lowest BCUT2D eigenvalue weighted by Crippen LogP contribution is -2.59. The monoisotopic (exact) mass is 261 g/mol. The molecule has 4 heteroatoms. The smallest absolute Gasteiger partial charge is 0.0872 e. The molecule has 0 aliphatic carbocycles. The van der Waals surface area contributed by atoms with Crippen LogP contribution >= 0.6 is 27.3 Å². The molecule has 1 aliphatic rings. The van der Waals surface area contributed by atoms with Crippen LogP contribution in [0.5, 0.6) is 0 Å². The Labute approximate surface area is 90.3 Å². The number of rotatable bonds is 2. The molecule has 0 amide bonds. The quantitative estimate of drug-likeness (QED) is 0.882. The van der Waals surface area contributed by atoms with Gasteiger partial charge in [0.05, 0.1) is 5.60 Å². The normalized spacial score (nSPS) is 21.5. The van der Waals surface area contributed by atoms with Gasteiger partial charge in [0.1, 0.15) is 0 Å². The van der Waals surface area contributed by atoms with Gasteiger partial charge in [0, 0.05) is 29.0 Å². The summed E-state index contributed by atoms with van der Waals surface area (Å²) in [6.45, 7) is 4.41. The molecular formula is C9H12BrNOS. The maximum Gasteiger partial charge on any atom is 0.0872 e. The van der Waals surface area contributed by atoms with Crippen LogP contribution in [0, 0.1) is 0 Å². The number of aliphatic hydroxyl groups is 1. The number of thiophene rings is 1. The second-order valence-electron chi connectivity index (χ2n) is 3.83. The highest BCUT2D eigenvalue weighted by molar-refractivity contribution is 9.10. The first-order chi connectivity index (χ1) is 6.07. The minimum Gasteiger partial charge on any atom is -0.388 e. The maximum atomic E-state index is 9.53. The summed E-state index contributed by atoms with van der Waals surface area (Å²) in [6, 6.07) is 2.07. The largest absolute Gasteiger partial charge is 0.388 e. The third-order valence-electron chi connectivity index (χ3n) is 2.19. The van der Waals surface area contributed by atoms with E-state index >= 15 is 0 Å². The Morgan fingerprint density at radius 3 is 2.85 bits per heavy atom. The Morgan fingerprint density at radius 2 is 2.38 bits per heavy atom. The summed E-state index contributed by atoms with van der Waals surface area (Å²) in [5.41, 5.74) is -0.455. The van der Waals surface area contributed by atoms with Crippen molar-refractivity contribution < 1.29 is 5.11 Å². The van der Waals surface area contributed by atoms with E-state index in [2.05, 4.69) is 32.3 Å². The van der Waals surface area contributed by atoms with Crippen molar-refractivity contribution in [1.82, 2.24) is 4.90 Å². The van der Waals surface area contributed by atoms with Crippen molar-refractivity contribution in [2.75, 3.05) is 13.1 Å². The fourth-order valence-electron chi connectivity index (χ4n) is 1.67. The molecule has 2 heterocycles. The lowest BCUT2D eigenvalue weighted by Gasteiger charge is -2.44. The molecule has 1 N–H and O–H groups in total. The average molecular weight is 262 g/mol. The highest BCUT2D eigenvalue weighted by Gasteiger charge is 2.36. The molecular weight excluding hydrogens is 250 g/mol. The Kier molecular flexibility index (Phi) is 2.49. The van der Waals surface area contributed by atoms with Gasteiger partial charge in [-0.3, -0.25) is 4.90 Å². The minimum absolute atomic E-state index is 0.455. The van der Waals surface area contributed by atoms with Crippen LogP contribution in [0.2, 0.25) is 0 Å². The Balaban J connectivity index is 1.91. The Bertz CT molecular complexity index is 302. The first-order valence-electron chi connectivity index (χ1n) is 4.23. The molecule has 0 atom stereocenters. The van der Waals surface area contributed by atoms with Gasteiger partial charge in [0.15, 0.2) is 0 Å². The first-order valence-corrected chi connectivity index (χ1v) is 5.91. The topological polar surface area (TPSA) is 23.5 Å². The van der Waals surface area contributed by atoms with Gasteiger partial charge in [-0.2, -0.15) is 0 Å². The van der Waals surface area contributed by atoms with E-state index in [0.717, 1.165) is 19.6 Å². The van der Waals surface area contributed by atoms with Gasteiger partial charge in [0.2, 0.25) is 0 Å². The molecule has 0 spiro atoms. The molecule has 1 saturated heterocycles. The van der Waals surface area contributed by atoms with E-state index in [1.807, 2.05) is 6.92 Å². The predicted octanol–water partition coefficient (Wildman–Crippen LogP) is 2.08. The van der Waals surface area contributed by atoms with Gasteiger partial charge < -0.3 is 5.11 Å². The van der Waals surface area contributed by atoms with Gasteiger partial charge in [-0.25, -0.2) is 0 Å². The second kappa shape index (κ2) is 3.35. The zero-order valence-corrected chi connectivity index (χ0v) is 9.86. The Hall–Kier alpha value is 0.100. The molecule has 0 saturated carbocycles. The fourth-order valence-corrected chi connectivity index (χ4v) is 3.19. The van der Waals surface area contributed by atoms with Crippen LogP contribution in [0.3, 0.4) is 0 Å². The number of β-amino-alcohol motifs (C(OH)–C–C–N with tert-alkyl or cyclic N) is 1. The molecule has 2 rings (SSSR count). The Morgan fingerprint density at radius 1 is 1.69 bits per heavy atom. The standard InChI is InChI=1S/C9H12BrNOS/c1-9(12)5-11(6-9)4-8-7(10)2-3-13-8/h2-3,12H,4-6H2,1H3. The molecule has 1 aromatic rings. The van der Waals surface area contributed by atoms with Crippen LogP contribution in [0.4, 0.5) is 0 Å². The van der Waals surface area contributed by atoms with E-state index in [-0.39, 0.29) is 0 Å². The molecule has 0 radical (unpaired) electrons. The van der Waals surface area contributed by atoms with Gasteiger partial charge >= 0.3 is 0 Å². The van der Waals surface area contributed by atoms with E-state index in [4.69, 9.17) is 0 Å². The van der Waals surface area contributed by atoms with Crippen LogP contribution in [0.25, 0.3) is 0 Å². The average Bonchev–Trinajstić information content (AvgIpc) is 2.33.